The molecule has 0 bridgehead atoms. The van der Waals surface area contributed by atoms with Crippen molar-refractivity contribution in [3.8, 4) is 0 Å². The molecular weight excluding hydrogens is 192 g/mol. The van der Waals surface area contributed by atoms with E-state index in [-0.39, 0.29) is 18.4 Å². The van der Waals surface area contributed by atoms with Gasteiger partial charge in [-0.2, -0.15) is 0 Å². The Hall–Kier alpha value is -1.84. The molecule has 1 aromatic carbocycles. The van der Waals surface area contributed by atoms with E-state index in [2.05, 4.69) is 10.6 Å². The second kappa shape index (κ2) is 3.73. The van der Waals surface area contributed by atoms with Crippen LogP contribution in [-0.4, -0.2) is 18.4 Å². The van der Waals surface area contributed by atoms with Gasteiger partial charge >= 0.3 is 0 Å². The number of rotatable bonds is 1. The Morgan fingerprint density at radius 2 is 2.13 bits per heavy atom. The number of fused-ring (bicyclic) bond motifs is 1. The van der Waals surface area contributed by atoms with Gasteiger partial charge in [-0.3, -0.25) is 9.59 Å². The Bertz CT molecular complexity index is 427. The molecule has 4 heteroatoms. The van der Waals surface area contributed by atoms with Crippen molar-refractivity contribution in [2.24, 2.45) is 0 Å². The minimum Gasteiger partial charge on any atom is -0.343 e. The molecule has 0 spiro atoms. The lowest BCUT2D eigenvalue weighted by Gasteiger charge is -2.06. The van der Waals surface area contributed by atoms with E-state index in [0.717, 1.165) is 12.0 Å². The molecule has 78 valence electrons. The SMILES string of the molecule is CCc1ccc2c(c1)NC(=O)CNC2=O. The van der Waals surface area contributed by atoms with Gasteiger partial charge in [0.25, 0.3) is 5.91 Å². The molecule has 2 amide bonds. The zero-order valence-electron chi connectivity index (χ0n) is 8.46. The van der Waals surface area contributed by atoms with Crippen molar-refractivity contribution in [3.05, 3.63) is 29.3 Å². The molecule has 2 N–H and O–H groups in total. The minimum absolute atomic E-state index is 0.0367. The first-order valence-electron chi connectivity index (χ1n) is 4.91. The van der Waals surface area contributed by atoms with E-state index in [4.69, 9.17) is 0 Å². The topological polar surface area (TPSA) is 58.2 Å². The van der Waals surface area contributed by atoms with Crippen LogP contribution in [0.2, 0.25) is 0 Å². The summed E-state index contributed by atoms with van der Waals surface area (Å²) in [6.45, 7) is 2.06. The molecule has 2 rings (SSSR count). The van der Waals surface area contributed by atoms with Crippen molar-refractivity contribution in [1.82, 2.24) is 5.32 Å². The van der Waals surface area contributed by atoms with Crippen LogP contribution < -0.4 is 10.6 Å². The van der Waals surface area contributed by atoms with Crippen molar-refractivity contribution >= 4 is 17.5 Å². The maximum atomic E-state index is 11.5. The number of benzene rings is 1. The zero-order valence-corrected chi connectivity index (χ0v) is 8.46. The lowest BCUT2D eigenvalue weighted by atomic mass is 10.1. The maximum absolute atomic E-state index is 11.5. The molecule has 0 atom stereocenters. The predicted octanol–water partition coefficient (Wildman–Crippen LogP) is 0.931. The van der Waals surface area contributed by atoms with Gasteiger partial charge in [0.2, 0.25) is 5.91 Å². The Balaban J connectivity index is 2.47. The summed E-state index contributed by atoms with van der Waals surface area (Å²) in [4.78, 5) is 22.8. The smallest absolute Gasteiger partial charge is 0.253 e. The van der Waals surface area contributed by atoms with Crippen LogP contribution in [0.15, 0.2) is 18.2 Å². The third kappa shape index (κ3) is 1.83. The fourth-order valence-electron chi connectivity index (χ4n) is 1.56. The van der Waals surface area contributed by atoms with E-state index in [1.165, 1.54) is 0 Å². The number of amides is 2. The number of anilines is 1. The predicted molar refractivity (Wildman–Crippen MR) is 56.8 cm³/mol. The molecule has 0 aliphatic carbocycles. The van der Waals surface area contributed by atoms with Crippen molar-refractivity contribution in [2.75, 3.05) is 11.9 Å². The fourth-order valence-corrected chi connectivity index (χ4v) is 1.56. The molecule has 0 fully saturated rings. The summed E-state index contributed by atoms with van der Waals surface area (Å²) in [6, 6.07) is 5.49. The molecule has 1 heterocycles. The van der Waals surface area contributed by atoms with Crippen molar-refractivity contribution < 1.29 is 9.59 Å². The highest BCUT2D eigenvalue weighted by atomic mass is 16.2. The van der Waals surface area contributed by atoms with Crippen molar-refractivity contribution in [2.45, 2.75) is 13.3 Å². The van der Waals surface area contributed by atoms with Crippen LogP contribution >= 0.6 is 0 Å². The number of hydrogen-bond donors (Lipinski definition) is 2. The minimum atomic E-state index is -0.203. The Kier molecular flexibility index (Phi) is 2.41. The third-order valence-corrected chi connectivity index (χ3v) is 2.42. The first kappa shape index (κ1) is 9.71. The van der Waals surface area contributed by atoms with Gasteiger partial charge in [-0.25, -0.2) is 0 Å². The van der Waals surface area contributed by atoms with Gasteiger partial charge in [0.05, 0.1) is 17.8 Å². The average Bonchev–Trinajstić information content (AvgIpc) is 2.38. The summed E-state index contributed by atoms with van der Waals surface area (Å²) in [6.07, 6.45) is 0.880. The second-order valence-corrected chi connectivity index (χ2v) is 3.46. The molecule has 0 unspecified atom stereocenters. The lowest BCUT2D eigenvalue weighted by Crippen LogP contribution is -2.28. The van der Waals surface area contributed by atoms with Crippen LogP contribution in [0.25, 0.3) is 0 Å². The van der Waals surface area contributed by atoms with Crippen LogP contribution in [0, 0.1) is 0 Å². The molecule has 0 saturated carbocycles. The van der Waals surface area contributed by atoms with Crippen molar-refractivity contribution in [3.63, 3.8) is 0 Å². The molecular formula is C11H12N2O2. The quantitative estimate of drug-likeness (QED) is 0.715. The summed E-state index contributed by atoms with van der Waals surface area (Å²) < 4.78 is 0. The number of hydrogen-bond acceptors (Lipinski definition) is 2. The van der Waals surface area contributed by atoms with Gasteiger partial charge in [0.15, 0.2) is 0 Å². The van der Waals surface area contributed by atoms with E-state index in [1.807, 2.05) is 19.1 Å². The Morgan fingerprint density at radius 3 is 2.87 bits per heavy atom. The highest BCUT2D eigenvalue weighted by Crippen LogP contribution is 2.19. The Morgan fingerprint density at radius 1 is 1.33 bits per heavy atom. The normalized spacial score (nSPS) is 15.0. The Labute approximate surface area is 87.7 Å². The van der Waals surface area contributed by atoms with Crippen LogP contribution in [0.4, 0.5) is 5.69 Å². The number of nitrogens with one attached hydrogen (secondary N) is 2. The standard InChI is InChI=1S/C11H12N2O2/c1-2-7-3-4-8-9(5-7)13-10(14)6-12-11(8)15/h3-5H,2,6H2,1H3,(H,12,15)(H,13,14). The van der Waals surface area contributed by atoms with E-state index in [1.54, 1.807) is 6.07 Å². The van der Waals surface area contributed by atoms with E-state index in [9.17, 15) is 9.59 Å². The van der Waals surface area contributed by atoms with Gasteiger partial charge in [-0.15, -0.1) is 0 Å². The number of carbonyl (C=O) groups is 2. The number of aryl methyl sites for hydroxylation is 1. The largest absolute Gasteiger partial charge is 0.343 e. The van der Waals surface area contributed by atoms with Gasteiger partial charge in [-0.05, 0) is 24.1 Å². The van der Waals surface area contributed by atoms with Crippen LogP contribution in [0.1, 0.15) is 22.8 Å². The summed E-state index contributed by atoms with van der Waals surface area (Å²) in [5.41, 5.74) is 2.23. The molecule has 1 aliphatic rings. The van der Waals surface area contributed by atoms with Gasteiger partial charge in [-0.1, -0.05) is 13.0 Å². The molecule has 0 radical (unpaired) electrons. The van der Waals surface area contributed by atoms with Crippen LogP contribution in [0.5, 0.6) is 0 Å². The van der Waals surface area contributed by atoms with Gasteiger partial charge in [0.1, 0.15) is 0 Å². The molecule has 0 saturated heterocycles. The summed E-state index contributed by atoms with van der Waals surface area (Å²) in [5, 5.41) is 5.24. The molecule has 1 aliphatic heterocycles. The van der Waals surface area contributed by atoms with E-state index >= 15 is 0 Å². The monoisotopic (exact) mass is 204 g/mol. The van der Waals surface area contributed by atoms with E-state index in [0.29, 0.717) is 11.3 Å². The average molecular weight is 204 g/mol. The summed E-state index contributed by atoms with van der Waals surface area (Å²) in [5.74, 6) is -0.388. The lowest BCUT2D eigenvalue weighted by molar-refractivity contribution is -0.115. The molecule has 15 heavy (non-hydrogen) atoms. The van der Waals surface area contributed by atoms with Crippen LogP contribution in [0.3, 0.4) is 0 Å². The molecule has 0 aromatic heterocycles. The van der Waals surface area contributed by atoms with Gasteiger partial charge < -0.3 is 10.6 Å². The highest BCUT2D eigenvalue weighted by molar-refractivity contribution is 6.08. The third-order valence-electron chi connectivity index (χ3n) is 2.42. The first-order chi connectivity index (χ1) is 7.20. The summed E-state index contributed by atoms with van der Waals surface area (Å²) in [7, 11) is 0. The van der Waals surface area contributed by atoms with Crippen molar-refractivity contribution in [1.29, 1.82) is 0 Å². The zero-order chi connectivity index (χ0) is 10.8. The maximum Gasteiger partial charge on any atom is 0.253 e. The van der Waals surface area contributed by atoms with Crippen LogP contribution in [-0.2, 0) is 11.2 Å². The molecule has 1 aromatic rings. The van der Waals surface area contributed by atoms with E-state index < -0.39 is 0 Å². The molecule has 4 nitrogen and oxygen atoms in total. The fraction of sp³-hybridized carbons (Fsp3) is 0.273. The highest BCUT2D eigenvalue weighted by Gasteiger charge is 2.18. The number of carbonyl (C=O) groups excluding carboxylic acids is 2. The first-order valence-corrected chi connectivity index (χ1v) is 4.91. The summed E-state index contributed by atoms with van der Waals surface area (Å²) >= 11 is 0. The second-order valence-electron chi connectivity index (χ2n) is 3.46. The van der Waals surface area contributed by atoms with Gasteiger partial charge in [0, 0.05) is 0 Å².